The number of halogens is 1. The van der Waals surface area contributed by atoms with Gasteiger partial charge in [0.05, 0.1) is 23.0 Å². The van der Waals surface area contributed by atoms with Gasteiger partial charge in [0.1, 0.15) is 12.4 Å². The van der Waals surface area contributed by atoms with Gasteiger partial charge in [0.25, 0.3) is 5.91 Å². The van der Waals surface area contributed by atoms with Crippen LogP contribution in [0.2, 0.25) is 5.02 Å². The van der Waals surface area contributed by atoms with Crippen molar-refractivity contribution in [2.45, 2.75) is 12.6 Å². The van der Waals surface area contributed by atoms with Crippen LogP contribution < -0.4 is 5.32 Å². The molecule has 1 fully saturated rings. The van der Waals surface area contributed by atoms with Crippen LogP contribution in [0.5, 0.6) is 0 Å². The Kier molecular flexibility index (Phi) is 5.61. The van der Waals surface area contributed by atoms with Gasteiger partial charge < -0.3 is 10.1 Å². The Morgan fingerprint density at radius 2 is 2.11 bits per heavy atom. The van der Waals surface area contributed by atoms with E-state index in [1.54, 1.807) is 18.2 Å². The van der Waals surface area contributed by atoms with E-state index in [0.29, 0.717) is 29.5 Å². The van der Waals surface area contributed by atoms with Crippen molar-refractivity contribution in [2.75, 3.05) is 25.0 Å². The van der Waals surface area contributed by atoms with Gasteiger partial charge >= 0.3 is 0 Å². The van der Waals surface area contributed by atoms with E-state index in [2.05, 4.69) is 37.9 Å². The van der Waals surface area contributed by atoms with Crippen LogP contribution in [0.4, 0.5) is 5.69 Å². The van der Waals surface area contributed by atoms with Crippen LogP contribution >= 0.6 is 11.6 Å². The van der Waals surface area contributed by atoms with E-state index < -0.39 is 6.10 Å². The van der Waals surface area contributed by atoms with Crippen LogP contribution in [0.1, 0.15) is 5.56 Å². The van der Waals surface area contributed by atoms with Crippen molar-refractivity contribution in [2.24, 2.45) is 0 Å². The lowest BCUT2D eigenvalue weighted by Gasteiger charge is -2.32. The maximum atomic E-state index is 12.7. The molecule has 1 N–H and O–H groups in total. The molecule has 1 atom stereocenters. The molecule has 1 aromatic heterocycles. The highest BCUT2D eigenvalue weighted by Gasteiger charge is 2.27. The summed E-state index contributed by atoms with van der Waals surface area (Å²) < 4.78 is 7.18. The van der Waals surface area contributed by atoms with E-state index >= 15 is 0 Å². The molecule has 1 unspecified atom stereocenters. The molecule has 0 radical (unpaired) electrons. The molecule has 1 aliphatic heterocycles. The summed E-state index contributed by atoms with van der Waals surface area (Å²) in [7, 11) is 0. The number of rotatable bonds is 5. The molecule has 4 rings (SSSR count). The van der Waals surface area contributed by atoms with Crippen molar-refractivity contribution in [3.63, 3.8) is 0 Å². The first-order chi connectivity index (χ1) is 13.7. The number of carbonyl (C=O) groups excluding carboxylic acids is 1. The molecule has 2 aromatic carbocycles. The Morgan fingerprint density at radius 1 is 1.25 bits per heavy atom. The molecular formula is C19H19ClN6O2. The van der Waals surface area contributed by atoms with Crippen molar-refractivity contribution in [1.82, 2.24) is 25.1 Å². The Labute approximate surface area is 167 Å². The van der Waals surface area contributed by atoms with E-state index in [4.69, 9.17) is 16.3 Å². The molecule has 0 aliphatic carbocycles. The van der Waals surface area contributed by atoms with Crippen molar-refractivity contribution < 1.29 is 9.53 Å². The number of hydrogen-bond acceptors (Lipinski definition) is 6. The molecular weight excluding hydrogens is 380 g/mol. The molecule has 3 aromatic rings. The fourth-order valence-electron chi connectivity index (χ4n) is 3.09. The molecule has 1 aliphatic rings. The summed E-state index contributed by atoms with van der Waals surface area (Å²) >= 11 is 6.25. The number of morpholine rings is 1. The van der Waals surface area contributed by atoms with Crippen molar-refractivity contribution in [1.29, 1.82) is 0 Å². The van der Waals surface area contributed by atoms with Crippen LogP contribution in [-0.4, -0.2) is 56.8 Å². The van der Waals surface area contributed by atoms with Crippen LogP contribution in [0, 0.1) is 0 Å². The molecule has 1 saturated heterocycles. The zero-order valence-corrected chi connectivity index (χ0v) is 15.8. The van der Waals surface area contributed by atoms with Gasteiger partial charge in [-0.1, -0.05) is 41.9 Å². The number of nitrogens with one attached hydrogen (secondary N) is 1. The SMILES string of the molecule is O=C(Nc1cc(-n2cnnn2)ccc1Cl)C1CN(Cc2ccccc2)CCO1. The monoisotopic (exact) mass is 398 g/mol. The average molecular weight is 399 g/mol. The predicted octanol–water partition coefficient (Wildman–Crippen LogP) is 2.16. The number of benzene rings is 2. The van der Waals surface area contributed by atoms with Crippen molar-refractivity contribution >= 4 is 23.2 Å². The Bertz CT molecular complexity index is 935. The third kappa shape index (κ3) is 4.36. The third-order valence-electron chi connectivity index (χ3n) is 4.51. The summed E-state index contributed by atoms with van der Waals surface area (Å²) in [5.41, 5.74) is 2.39. The van der Waals surface area contributed by atoms with E-state index in [1.165, 1.54) is 16.6 Å². The van der Waals surface area contributed by atoms with Crippen molar-refractivity contribution in [3.05, 3.63) is 65.4 Å². The van der Waals surface area contributed by atoms with E-state index in [1.807, 2.05) is 18.2 Å². The Balaban J connectivity index is 1.42. The highest BCUT2D eigenvalue weighted by molar-refractivity contribution is 6.33. The van der Waals surface area contributed by atoms with Crippen LogP contribution in [0.25, 0.3) is 5.69 Å². The molecule has 28 heavy (non-hydrogen) atoms. The van der Waals surface area contributed by atoms with Crippen LogP contribution in [0.3, 0.4) is 0 Å². The topological polar surface area (TPSA) is 85.2 Å². The minimum atomic E-state index is -0.565. The zero-order valence-electron chi connectivity index (χ0n) is 15.0. The molecule has 1 amide bonds. The quantitative estimate of drug-likeness (QED) is 0.708. The highest BCUT2D eigenvalue weighted by Crippen LogP contribution is 2.25. The summed E-state index contributed by atoms with van der Waals surface area (Å²) in [6.45, 7) is 2.59. The number of ether oxygens (including phenoxy) is 1. The largest absolute Gasteiger partial charge is 0.366 e. The number of hydrogen-bond donors (Lipinski definition) is 1. The summed E-state index contributed by atoms with van der Waals surface area (Å²) in [5.74, 6) is -0.228. The lowest BCUT2D eigenvalue weighted by molar-refractivity contribution is -0.133. The molecule has 8 nitrogen and oxygen atoms in total. The van der Waals surface area contributed by atoms with Gasteiger partial charge in [0.15, 0.2) is 0 Å². The number of anilines is 1. The number of carbonyl (C=O) groups is 1. The smallest absolute Gasteiger partial charge is 0.254 e. The van der Waals surface area contributed by atoms with E-state index in [0.717, 1.165) is 13.1 Å². The van der Waals surface area contributed by atoms with Crippen molar-refractivity contribution in [3.8, 4) is 5.69 Å². The fourth-order valence-corrected chi connectivity index (χ4v) is 3.26. The second-order valence-electron chi connectivity index (χ2n) is 6.49. The standard InChI is InChI=1S/C19H19ClN6O2/c20-16-7-6-15(26-13-21-23-24-26)10-17(16)22-19(27)18-12-25(8-9-28-18)11-14-4-2-1-3-5-14/h1-7,10,13,18H,8-9,11-12H2,(H,22,27). The first kappa shape index (κ1) is 18.5. The predicted molar refractivity (Wildman–Crippen MR) is 104 cm³/mol. The van der Waals surface area contributed by atoms with Gasteiger partial charge in [-0.05, 0) is 34.2 Å². The minimum Gasteiger partial charge on any atom is -0.366 e. The highest BCUT2D eigenvalue weighted by atomic mass is 35.5. The van der Waals surface area contributed by atoms with E-state index in [9.17, 15) is 4.79 Å². The Morgan fingerprint density at radius 3 is 2.89 bits per heavy atom. The first-order valence-corrected chi connectivity index (χ1v) is 9.28. The average Bonchev–Trinajstić information content (AvgIpc) is 3.25. The molecule has 2 heterocycles. The minimum absolute atomic E-state index is 0.228. The second kappa shape index (κ2) is 8.47. The Hall–Kier alpha value is -2.81. The van der Waals surface area contributed by atoms with Gasteiger partial charge in [-0.2, -0.15) is 0 Å². The molecule has 0 saturated carbocycles. The zero-order chi connectivity index (χ0) is 19.3. The lowest BCUT2D eigenvalue weighted by Crippen LogP contribution is -2.47. The number of nitrogens with zero attached hydrogens (tertiary/aromatic N) is 5. The molecule has 144 valence electrons. The number of amides is 1. The van der Waals surface area contributed by atoms with Gasteiger partial charge in [-0.15, -0.1) is 5.10 Å². The molecule has 0 spiro atoms. The van der Waals surface area contributed by atoms with Crippen LogP contribution in [-0.2, 0) is 16.1 Å². The number of tetrazole rings is 1. The van der Waals surface area contributed by atoms with Gasteiger partial charge in [0.2, 0.25) is 0 Å². The summed E-state index contributed by atoms with van der Waals surface area (Å²) in [5, 5.41) is 14.4. The maximum Gasteiger partial charge on any atom is 0.254 e. The lowest BCUT2D eigenvalue weighted by atomic mass is 10.2. The van der Waals surface area contributed by atoms with Gasteiger partial charge in [-0.25, -0.2) is 4.68 Å². The van der Waals surface area contributed by atoms with Gasteiger partial charge in [-0.3, -0.25) is 9.69 Å². The van der Waals surface area contributed by atoms with Crippen LogP contribution in [0.15, 0.2) is 54.9 Å². The van der Waals surface area contributed by atoms with Gasteiger partial charge in [0, 0.05) is 19.6 Å². The summed E-state index contributed by atoms with van der Waals surface area (Å²) in [4.78, 5) is 15.0. The number of aromatic nitrogens is 4. The van der Waals surface area contributed by atoms with E-state index in [-0.39, 0.29) is 5.91 Å². The normalized spacial score (nSPS) is 17.4. The third-order valence-corrected chi connectivity index (χ3v) is 4.84. The summed E-state index contributed by atoms with van der Waals surface area (Å²) in [6, 6.07) is 15.4. The summed E-state index contributed by atoms with van der Waals surface area (Å²) in [6.07, 6.45) is 0.908. The fraction of sp³-hybridized carbons (Fsp3) is 0.263. The first-order valence-electron chi connectivity index (χ1n) is 8.91. The molecule has 9 heteroatoms. The maximum absolute atomic E-state index is 12.7. The molecule has 0 bridgehead atoms. The second-order valence-corrected chi connectivity index (χ2v) is 6.90.